The number of hydrogen-bond donors (Lipinski definition) is 1. The minimum atomic E-state index is -0.686. The third kappa shape index (κ3) is 8.19. The van der Waals surface area contributed by atoms with Crippen LogP contribution in [0.4, 0.5) is 0 Å². The van der Waals surface area contributed by atoms with Crippen LogP contribution < -0.4 is 0 Å². The minimum absolute atomic E-state index is 0. The number of carboxylic acid groups (broad SMARTS) is 1. The van der Waals surface area contributed by atoms with E-state index in [2.05, 4.69) is 20.8 Å². The monoisotopic (exact) mass is 222 g/mol. The third-order valence-corrected chi connectivity index (χ3v) is 1.75. The van der Waals surface area contributed by atoms with Crippen molar-refractivity contribution < 1.29 is 29.4 Å². The van der Waals surface area contributed by atoms with E-state index in [1.54, 1.807) is 6.92 Å². The summed E-state index contributed by atoms with van der Waals surface area (Å²) in [5, 5.41) is 8.58. The number of carboxylic acids is 1. The third-order valence-electron chi connectivity index (χ3n) is 1.75. The molecule has 1 atom stereocenters. The van der Waals surface area contributed by atoms with E-state index in [4.69, 9.17) is 5.11 Å². The van der Waals surface area contributed by atoms with Crippen LogP contribution in [0.2, 0.25) is 0 Å². The second-order valence-electron chi connectivity index (χ2n) is 4.34. The van der Waals surface area contributed by atoms with Gasteiger partial charge in [-0.05, 0) is 18.3 Å². The molecule has 0 radical (unpaired) electrons. The fourth-order valence-electron chi connectivity index (χ4n) is 0.773. The topological polar surface area (TPSA) is 37.3 Å². The molecule has 0 spiro atoms. The largest absolute Gasteiger partial charge is 0.481 e. The Balaban J connectivity index is 0. The Morgan fingerprint density at radius 3 is 2.08 bits per heavy atom. The van der Waals surface area contributed by atoms with Crippen molar-refractivity contribution in [1.29, 1.82) is 0 Å². The van der Waals surface area contributed by atoms with E-state index in [9.17, 15) is 4.79 Å². The Kier molecular flexibility index (Phi) is 6.93. The second-order valence-corrected chi connectivity index (χ2v) is 4.34. The van der Waals surface area contributed by atoms with Crippen LogP contribution in [-0.4, -0.2) is 11.1 Å². The van der Waals surface area contributed by atoms with Gasteiger partial charge in [0.25, 0.3) is 0 Å². The molecule has 0 saturated heterocycles. The molecular formula is C9H18O2Zn. The maximum Gasteiger partial charge on any atom is 0.306 e. The van der Waals surface area contributed by atoms with Gasteiger partial charge in [-0.2, -0.15) is 0 Å². The van der Waals surface area contributed by atoms with Crippen LogP contribution in [-0.2, 0) is 24.3 Å². The first-order valence-corrected chi connectivity index (χ1v) is 4.06. The van der Waals surface area contributed by atoms with E-state index in [1.807, 2.05) is 0 Å². The van der Waals surface area contributed by atoms with E-state index in [0.29, 0.717) is 0 Å². The van der Waals surface area contributed by atoms with Crippen molar-refractivity contribution in [3.8, 4) is 0 Å². The van der Waals surface area contributed by atoms with Crippen molar-refractivity contribution in [3.63, 3.8) is 0 Å². The van der Waals surface area contributed by atoms with E-state index >= 15 is 0 Å². The standard InChI is InChI=1S/C9H18O2.Zn/c1-7(8(10)11)5-6-9(2,3)4;/h7H,5-6H2,1-4H3,(H,10,11);. The molecule has 0 rings (SSSR count). The van der Waals surface area contributed by atoms with E-state index in [-0.39, 0.29) is 30.8 Å². The number of hydrogen-bond acceptors (Lipinski definition) is 1. The summed E-state index contributed by atoms with van der Waals surface area (Å²) in [5.74, 6) is -0.886. The van der Waals surface area contributed by atoms with Crippen LogP contribution in [0.3, 0.4) is 0 Å². The summed E-state index contributed by atoms with van der Waals surface area (Å²) in [6, 6.07) is 0. The molecule has 0 amide bonds. The Morgan fingerprint density at radius 2 is 1.83 bits per heavy atom. The summed E-state index contributed by atoms with van der Waals surface area (Å²) in [4.78, 5) is 10.4. The predicted octanol–water partition coefficient (Wildman–Crippen LogP) is 2.53. The molecule has 1 unspecified atom stereocenters. The van der Waals surface area contributed by atoms with Crippen LogP contribution in [0.5, 0.6) is 0 Å². The SMILES string of the molecule is CC(CCC(C)(C)C)C(=O)O.[Zn]. The number of rotatable bonds is 3. The van der Waals surface area contributed by atoms with Crippen molar-refractivity contribution in [3.05, 3.63) is 0 Å². The van der Waals surface area contributed by atoms with Gasteiger partial charge in [0.1, 0.15) is 0 Å². The molecule has 3 heteroatoms. The van der Waals surface area contributed by atoms with E-state index in [1.165, 1.54) is 0 Å². The summed E-state index contributed by atoms with van der Waals surface area (Å²) >= 11 is 0. The van der Waals surface area contributed by atoms with Crippen LogP contribution >= 0.6 is 0 Å². The first-order valence-electron chi connectivity index (χ1n) is 4.06. The zero-order valence-electron chi connectivity index (χ0n) is 8.55. The van der Waals surface area contributed by atoms with Gasteiger partial charge in [-0.3, -0.25) is 4.79 Å². The zero-order valence-corrected chi connectivity index (χ0v) is 11.5. The van der Waals surface area contributed by atoms with Crippen LogP contribution in [0.1, 0.15) is 40.5 Å². The van der Waals surface area contributed by atoms with Gasteiger partial charge >= 0.3 is 5.97 Å². The van der Waals surface area contributed by atoms with Gasteiger partial charge in [0.2, 0.25) is 0 Å². The Labute approximate surface area is 87.5 Å². The molecule has 0 heterocycles. The first-order chi connectivity index (χ1) is 4.83. The normalized spacial score (nSPS) is 13.3. The molecule has 2 nitrogen and oxygen atoms in total. The number of carbonyl (C=O) groups is 1. The van der Waals surface area contributed by atoms with Gasteiger partial charge < -0.3 is 5.11 Å². The van der Waals surface area contributed by atoms with E-state index in [0.717, 1.165) is 12.8 Å². The van der Waals surface area contributed by atoms with Gasteiger partial charge in [0, 0.05) is 19.5 Å². The molecule has 1 N–H and O–H groups in total. The Bertz CT molecular complexity index is 138. The molecule has 0 saturated carbocycles. The molecule has 0 aliphatic carbocycles. The fraction of sp³-hybridized carbons (Fsp3) is 0.889. The quantitative estimate of drug-likeness (QED) is 0.747. The van der Waals surface area contributed by atoms with Gasteiger partial charge in [0.05, 0.1) is 5.92 Å². The second kappa shape index (κ2) is 5.69. The van der Waals surface area contributed by atoms with E-state index < -0.39 is 5.97 Å². The smallest absolute Gasteiger partial charge is 0.306 e. The van der Waals surface area contributed by atoms with Gasteiger partial charge in [-0.25, -0.2) is 0 Å². The molecule has 0 aromatic carbocycles. The molecular weight excluding hydrogens is 205 g/mol. The fourth-order valence-corrected chi connectivity index (χ4v) is 0.773. The molecule has 68 valence electrons. The van der Waals surface area contributed by atoms with Crippen molar-refractivity contribution >= 4 is 5.97 Å². The van der Waals surface area contributed by atoms with Crippen molar-refractivity contribution in [2.45, 2.75) is 40.5 Å². The minimum Gasteiger partial charge on any atom is -0.481 e. The van der Waals surface area contributed by atoms with Gasteiger partial charge in [-0.1, -0.05) is 27.7 Å². The van der Waals surface area contributed by atoms with Crippen molar-refractivity contribution in [2.75, 3.05) is 0 Å². The molecule has 0 aliphatic rings. The molecule has 0 bridgehead atoms. The average molecular weight is 224 g/mol. The first kappa shape index (κ1) is 14.6. The molecule has 0 fully saturated rings. The maximum absolute atomic E-state index is 10.4. The average Bonchev–Trinajstić information content (AvgIpc) is 1.80. The van der Waals surface area contributed by atoms with Crippen LogP contribution in [0.25, 0.3) is 0 Å². The molecule has 0 aromatic rings. The van der Waals surface area contributed by atoms with Crippen molar-refractivity contribution in [2.24, 2.45) is 11.3 Å². The summed E-state index contributed by atoms with van der Waals surface area (Å²) in [5.41, 5.74) is 0.254. The number of aliphatic carboxylic acids is 1. The summed E-state index contributed by atoms with van der Waals surface area (Å²) in [6.45, 7) is 8.14. The van der Waals surface area contributed by atoms with Gasteiger partial charge in [-0.15, -0.1) is 0 Å². The van der Waals surface area contributed by atoms with Crippen LogP contribution in [0, 0.1) is 11.3 Å². The zero-order chi connectivity index (χ0) is 9.07. The van der Waals surface area contributed by atoms with Crippen LogP contribution in [0.15, 0.2) is 0 Å². The predicted molar refractivity (Wildman–Crippen MR) is 45.5 cm³/mol. The Morgan fingerprint density at radius 1 is 1.42 bits per heavy atom. The molecule has 12 heavy (non-hydrogen) atoms. The summed E-state index contributed by atoms with van der Waals surface area (Å²) in [7, 11) is 0. The molecule has 0 aromatic heterocycles. The van der Waals surface area contributed by atoms with Crippen molar-refractivity contribution in [1.82, 2.24) is 0 Å². The van der Waals surface area contributed by atoms with Gasteiger partial charge in [0.15, 0.2) is 0 Å². The Hall–Kier alpha value is 0.0934. The maximum atomic E-state index is 10.4. The molecule has 0 aliphatic heterocycles. The summed E-state index contributed by atoms with van der Waals surface area (Å²) in [6.07, 6.45) is 1.75. The summed E-state index contributed by atoms with van der Waals surface area (Å²) < 4.78 is 0.